The molecular weight excluding hydrogens is 230 g/mol. The van der Waals surface area contributed by atoms with Crippen LogP contribution in [0.2, 0.25) is 0 Å². The van der Waals surface area contributed by atoms with Crippen LogP contribution in [0.4, 0.5) is 5.69 Å². The molecule has 1 aromatic rings. The van der Waals surface area contributed by atoms with E-state index in [1.54, 1.807) is 12.1 Å². The first-order valence-electron chi connectivity index (χ1n) is 6.29. The fourth-order valence-corrected chi connectivity index (χ4v) is 2.40. The van der Waals surface area contributed by atoms with Gasteiger partial charge >= 0.3 is 0 Å². The number of rotatable bonds is 3. The predicted octanol–water partition coefficient (Wildman–Crippen LogP) is 1.95. The molecule has 2 unspecified atom stereocenters. The van der Waals surface area contributed by atoms with Crippen molar-refractivity contribution in [3.8, 4) is 0 Å². The van der Waals surface area contributed by atoms with Crippen LogP contribution >= 0.6 is 0 Å². The maximum Gasteiger partial charge on any atom is 0.269 e. The van der Waals surface area contributed by atoms with Gasteiger partial charge in [-0.1, -0.05) is 12.1 Å². The standard InChI is InChI=1S/C13H19N3O2/c1-10-9-15(8-7-14-10)11(2)12-3-5-13(6-4-12)16(17)18/h3-6,10-11,14H,7-9H2,1-2H3. The summed E-state index contributed by atoms with van der Waals surface area (Å²) in [6.45, 7) is 7.35. The van der Waals surface area contributed by atoms with Crippen molar-refractivity contribution in [3.05, 3.63) is 39.9 Å². The second-order valence-electron chi connectivity index (χ2n) is 4.87. The molecule has 1 aliphatic rings. The Balaban J connectivity index is 2.08. The number of nitrogens with one attached hydrogen (secondary N) is 1. The molecule has 0 radical (unpaired) electrons. The molecule has 0 spiro atoms. The summed E-state index contributed by atoms with van der Waals surface area (Å²) < 4.78 is 0. The summed E-state index contributed by atoms with van der Waals surface area (Å²) in [4.78, 5) is 12.7. The van der Waals surface area contributed by atoms with Crippen molar-refractivity contribution in [3.63, 3.8) is 0 Å². The minimum absolute atomic E-state index is 0.152. The van der Waals surface area contributed by atoms with Crippen LogP contribution in [0.1, 0.15) is 25.5 Å². The lowest BCUT2D eigenvalue weighted by Gasteiger charge is -2.36. The second-order valence-corrected chi connectivity index (χ2v) is 4.87. The highest BCUT2D eigenvalue weighted by Gasteiger charge is 2.21. The van der Waals surface area contributed by atoms with Crippen LogP contribution in [0.3, 0.4) is 0 Å². The molecule has 1 heterocycles. The summed E-state index contributed by atoms with van der Waals surface area (Å²) in [5, 5.41) is 14.0. The Morgan fingerprint density at radius 2 is 2.11 bits per heavy atom. The van der Waals surface area contributed by atoms with Crippen LogP contribution in [-0.2, 0) is 0 Å². The summed E-state index contributed by atoms with van der Waals surface area (Å²) >= 11 is 0. The van der Waals surface area contributed by atoms with E-state index in [9.17, 15) is 10.1 Å². The molecule has 0 saturated carbocycles. The number of benzene rings is 1. The summed E-state index contributed by atoms with van der Waals surface area (Å²) in [6.07, 6.45) is 0. The van der Waals surface area contributed by atoms with Gasteiger partial charge in [0.25, 0.3) is 5.69 Å². The van der Waals surface area contributed by atoms with Crippen molar-refractivity contribution in [2.75, 3.05) is 19.6 Å². The topological polar surface area (TPSA) is 58.4 Å². The van der Waals surface area contributed by atoms with Crippen LogP contribution in [0.15, 0.2) is 24.3 Å². The quantitative estimate of drug-likeness (QED) is 0.657. The minimum atomic E-state index is -0.360. The predicted molar refractivity (Wildman–Crippen MR) is 70.5 cm³/mol. The Morgan fingerprint density at radius 1 is 1.44 bits per heavy atom. The lowest BCUT2D eigenvalue weighted by atomic mass is 10.0. The summed E-state index contributed by atoms with van der Waals surface area (Å²) in [7, 11) is 0. The molecule has 1 aromatic carbocycles. The lowest BCUT2D eigenvalue weighted by molar-refractivity contribution is -0.384. The molecule has 2 rings (SSSR count). The molecule has 0 aromatic heterocycles. The molecular formula is C13H19N3O2. The van der Waals surface area contributed by atoms with Gasteiger partial charge in [-0.3, -0.25) is 15.0 Å². The fraction of sp³-hybridized carbons (Fsp3) is 0.538. The number of hydrogen-bond donors (Lipinski definition) is 1. The molecule has 0 bridgehead atoms. The maximum absolute atomic E-state index is 10.6. The number of nitrogens with zero attached hydrogens (tertiary/aromatic N) is 2. The van der Waals surface area contributed by atoms with Gasteiger partial charge in [-0.15, -0.1) is 0 Å². The van der Waals surface area contributed by atoms with Crippen LogP contribution in [0.25, 0.3) is 0 Å². The monoisotopic (exact) mass is 249 g/mol. The largest absolute Gasteiger partial charge is 0.312 e. The van der Waals surface area contributed by atoms with E-state index in [1.807, 2.05) is 12.1 Å². The molecule has 0 aliphatic carbocycles. The van der Waals surface area contributed by atoms with Gasteiger partial charge in [0.05, 0.1) is 4.92 Å². The number of hydrogen-bond acceptors (Lipinski definition) is 4. The van der Waals surface area contributed by atoms with Crippen molar-refractivity contribution in [2.45, 2.75) is 25.9 Å². The minimum Gasteiger partial charge on any atom is -0.312 e. The zero-order valence-electron chi connectivity index (χ0n) is 10.8. The molecule has 5 heteroatoms. The van der Waals surface area contributed by atoms with Crippen LogP contribution in [0.5, 0.6) is 0 Å². The van der Waals surface area contributed by atoms with E-state index in [2.05, 4.69) is 24.1 Å². The summed E-state index contributed by atoms with van der Waals surface area (Å²) in [5.41, 5.74) is 1.29. The third-order valence-corrected chi connectivity index (χ3v) is 3.53. The Bertz CT molecular complexity index is 419. The summed E-state index contributed by atoms with van der Waals surface area (Å²) in [6, 6.07) is 7.68. The van der Waals surface area contributed by atoms with Gasteiger partial charge in [0.15, 0.2) is 0 Å². The van der Waals surface area contributed by atoms with Crippen LogP contribution in [-0.4, -0.2) is 35.5 Å². The van der Waals surface area contributed by atoms with Crippen LogP contribution in [0, 0.1) is 10.1 Å². The molecule has 1 fully saturated rings. The third-order valence-electron chi connectivity index (χ3n) is 3.53. The lowest BCUT2D eigenvalue weighted by Crippen LogP contribution is -2.49. The van der Waals surface area contributed by atoms with Gasteiger partial charge in [-0.25, -0.2) is 0 Å². The van der Waals surface area contributed by atoms with Crippen molar-refractivity contribution in [1.29, 1.82) is 0 Å². The van der Waals surface area contributed by atoms with E-state index in [1.165, 1.54) is 0 Å². The Hall–Kier alpha value is -1.46. The molecule has 1 N–H and O–H groups in total. The van der Waals surface area contributed by atoms with Crippen molar-refractivity contribution in [2.24, 2.45) is 0 Å². The summed E-state index contributed by atoms with van der Waals surface area (Å²) in [5.74, 6) is 0. The van der Waals surface area contributed by atoms with Gasteiger partial charge in [-0.2, -0.15) is 0 Å². The molecule has 1 aliphatic heterocycles. The zero-order chi connectivity index (χ0) is 13.1. The van der Waals surface area contributed by atoms with E-state index in [4.69, 9.17) is 0 Å². The van der Waals surface area contributed by atoms with Crippen molar-refractivity contribution < 1.29 is 4.92 Å². The number of piperazine rings is 1. The first-order valence-corrected chi connectivity index (χ1v) is 6.29. The van der Waals surface area contributed by atoms with E-state index in [-0.39, 0.29) is 10.6 Å². The van der Waals surface area contributed by atoms with Gasteiger partial charge in [0, 0.05) is 43.9 Å². The number of non-ortho nitro benzene ring substituents is 1. The molecule has 0 amide bonds. The molecule has 5 nitrogen and oxygen atoms in total. The highest BCUT2D eigenvalue weighted by Crippen LogP contribution is 2.23. The highest BCUT2D eigenvalue weighted by molar-refractivity contribution is 5.34. The maximum atomic E-state index is 10.6. The fourth-order valence-electron chi connectivity index (χ4n) is 2.40. The van der Waals surface area contributed by atoms with E-state index < -0.39 is 0 Å². The molecule has 98 valence electrons. The highest BCUT2D eigenvalue weighted by atomic mass is 16.6. The molecule has 1 saturated heterocycles. The van der Waals surface area contributed by atoms with Crippen molar-refractivity contribution in [1.82, 2.24) is 10.2 Å². The first kappa shape index (κ1) is 13.0. The average Bonchev–Trinajstić information content (AvgIpc) is 2.38. The SMILES string of the molecule is CC1CN(C(C)c2ccc([N+](=O)[O-])cc2)CCN1. The third kappa shape index (κ3) is 2.86. The normalized spacial score (nSPS) is 22.7. The Kier molecular flexibility index (Phi) is 3.93. The van der Waals surface area contributed by atoms with E-state index in [0.717, 1.165) is 25.2 Å². The number of nitro benzene ring substituents is 1. The Morgan fingerprint density at radius 3 is 2.67 bits per heavy atom. The van der Waals surface area contributed by atoms with Gasteiger partial charge in [0.1, 0.15) is 0 Å². The zero-order valence-corrected chi connectivity index (χ0v) is 10.8. The first-order chi connectivity index (χ1) is 8.58. The van der Waals surface area contributed by atoms with Gasteiger partial charge < -0.3 is 5.32 Å². The molecule has 18 heavy (non-hydrogen) atoms. The molecule has 2 atom stereocenters. The second kappa shape index (κ2) is 5.46. The van der Waals surface area contributed by atoms with Crippen molar-refractivity contribution >= 4 is 5.69 Å². The van der Waals surface area contributed by atoms with Gasteiger partial charge in [-0.05, 0) is 19.4 Å². The average molecular weight is 249 g/mol. The number of nitro groups is 1. The Labute approximate surface area is 107 Å². The van der Waals surface area contributed by atoms with Crippen LogP contribution < -0.4 is 5.32 Å². The smallest absolute Gasteiger partial charge is 0.269 e. The van der Waals surface area contributed by atoms with E-state index >= 15 is 0 Å². The van der Waals surface area contributed by atoms with E-state index in [0.29, 0.717) is 12.1 Å². The van der Waals surface area contributed by atoms with Gasteiger partial charge in [0.2, 0.25) is 0 Å².